The molecule has 4 heteroatoms. The molecular weight excluding hydrogens is 184 g/mol. The van der Waals surface area contributed by atoms with Crippen molar-refractivity contribution >= 4 is 18.7 Å². The van der Waals surface area contributed by atoms with Crippen LogP contribution in [0.15, 0.2) is 0 Å². The topological polar surface area (TPSA) is 41.1 Å². The van der Waals surface area contributed by atoms with E-state index >= 15 is 0 Å². The Morgan fingerprint density at radius 3 is 2.77 bits per heavy atom. The molecule has 1 amide bonds. The van der Waals surface area contributed by atoms with E-state index in [0.717, 1.165) is 25.4 Å². The summed E-state index contributed by atoms with van der Waals surface area (Å²) in [6.45, 7) is 2.28. The van der Waals surface area contributed by atoms with Crippen LogP contribution >= 0.6 is 12.8 Å². The summed E-state index contributed by atoms with van der Waals surface area (Å²) in [4.78, 5) is 10.9. The van der Waals surface area contributed by atoms with Gasteiger partial charge in [0.25, 0.3) is 0 Å². The highest BCUT2D eigenvalue weighted by molar-refractivity contribution is 7.78. The average Bonchev–Trinajstić information content (AvgIpc) is 2.19. The Hall–Kier alpha value is -0.220. The van der Waals surface area contributed by atoms with Crippen molar-refractivity contribution < 1.29 is 4.79 Å². The van der Waals surface area contributed by atoms with Gasteiger partial charge >= 0.3 is 0 Å². The molecule has 0 atom stereocenters. The Kier molecular flexibility index (Phi) is 5.23. The fraction of sp³-hybridized carbons (Fsp3) is 0.889. The molecule has 1 heterocycles. The van der Waals surface area contributed by atoms with Crippen LogP contribution in [0, 0.1) is 5.92 Å². The third kappa shape index (κ3) is 4.52. The summed E-state index contributed by atoms with van der Waals surface area (Å²) in [5, 5.41) is 3.33. The molecule has 1 aliphatic heterocycles. The van der Waals surface area contributed by atoms with E-state index < -0.39 is 0 Å². The smallest absolute Gasteiger partial charge is 0.229 e. The molecule has 76 valence electrons. The van der Waals surface area contributed by atoms with Crippen molar-refractivity contribution in [3.63, 3.8) is 0 Å². The molecule has 3 nitrogen and oxygen atoms in total. The minimum Gasteiger partial charge on any atom is -0.317 e. The lowest BCUT2D eigenvalue weighted by molar-refractivity contribution is -0.119. The average molecular weight is 202 g/mol. The zero-order valence-electron chi connectivity index (χ0n) is 7.88. The van der Waals surface area contributed by atoms with Gasteiger partial charge in [-0.3, -0.25) is 4.79 Å². The lowest BCUT2D eigenvalue weighted by Crippen LogP contribution is -2.27. The Balaban J connectivity index is 2.01. The predicted octanol–water partition coefficient (Wildman–Crippen LogP) is 1.12. The van der Waals surface area contributed by atoms with Gasteiger partial charge in [-0.2, -0.15) is 0 Å². The number of carbonyl (C=O) groups excluding carboxylic acids is 1. The molecule has 0 radical (unpaired) electrons. The van der Waals surface area contributed by atoms with E-state index in [4.69, 9.17) is 0 Å². The standard InChI is InChI=1S/C9H18N2OS/c12-9(11-13)3-1-2-8-4-6-10-7-5-8/h8,10,13H,1-7H2,(H,11,12). The van der Waals surface area contributed by atoms with E-state index in [9.17, 15) is 4.79 Å². The van der Waals surface area contributed by atoms with Gasteiger partial charge in [-0.25, -0.2) is 0 Å². The molecular formula is C9H18N2OS. The predicted molar refractivity (Wildman–Crippen MR) is 56.6 cm³/mol. The van der Waals surface area contributed by atoms with Crippen molar-refractivity contribution in [1.82, 2.24) is 10.0 Å². The van der Waals surface area contributed by atoms with E-state index in [1.54, 1.807) is 0 Å². The van der Waals surface area contributed by atoms with Crippen molar-refractivity contribution in [3.8, 4) is 0 Å². The van der Waals surface area contributed by atoms with Crippen LogP contribution in [0.1, 0.15) is 32.1 Å². The molecule has 0 unspecified atom stereocenters. The van der Waals surface area contributed by atoms with Crippen LogP contribution in [0.5, 0.6) is 0 Å². The zero-order chi connectivity index (χ0) is 9.52. The van der Waals surface area contributed by atoms with Crippen LogP contribution in [-0.4, -0.2) is 19.0 Å². The number of thiol groups is 1. The highest BCUT2D eigenvalue weighted by Gasteiger charge is 2.12. The third-order valence-electron chi connectivity index (χ3n) is 2.60. The summed E-state index contributed by atoms with van der Waals surface area (Å²) < 4.78 is 2.35. The van der Waals surface area contributed by atoms with Crippen LogP contribution in [0.4, 0.5) is 0 Å². The SMILES string of the molecule is O=C(CCCC1CCNCC1)NS. The number of hydrogen-bond donors (Lipinski definition) is 3. The molecule has 0 bridgehead atoms. The summed E-state index contributed by atoms with van der Waals surface area (Å²) in [5.74, 6) is 0.867. The molecule has 0 spiro atoms. The molecule has 1 aliphatic rings. The van der Waals surface area contributed by atoms with Crippen LogP contribution < -0.4 is 10.0 Å². The van der Waals surface area contributed by atoms with Crippen LogP contribution in [0.3, 0.4) is 0 Å². The van der Waals surface area contributed by atoms with E-state index in [1.165, 1.54) is 19.3 Å². The molecule has 0 saturated carbocycles. The largest absolute Gasteiger partial charge is 0.317 e. The lowest BCUT2D eigenvalue weighted by Gasteiger charge is -2.22. The lowest BCUT2D eigenvalue weighted by atomic mass is 9.92. The summed E-state index contributed by atoms with van der Waals surface area (Å²) >= 11 is 3.71. The number of carbonyl (C=O) groups is 1. The molecule has 0 aliphatic carbocycles. The van der Waals surface area contributed by atoms with Gasteiger partial charge in [-0.05, 0) is 44.7 Å². The first-order chi connectivity index (χ1) is 6.33. The highest BCUT2D eigenvalue weighted by Crippen LogP contribution is 2.18. The second kappa shape index (κ2) is 6.27. The van der Waals surface area contributed by atoms with Crippen LogP contribution in [0.25, 0.3) is 0 Å². The van der Waals surface area contributed by atoms with Crippen molar-refractivity contribution in [2.24, 2.45) is 5.92 Å². The second-order valence-electron chi connectivity index (χ2n) is 3.62. The van der Waals surface area contributed by atoms with Crippen molar-refractivity contribution in [1.29, 1.82) is 0 Å². The van der Waals surface area contributed by atoms with Crippen molar-refractivity contribution in [3.05, 3.63) is 0 Å². The summed E-state index contributed by atoms with van der Waals surface area (Å²) in [6.07, 6.45) is 5.33. The number of nitrogens with one attached hydrogen (secondary N) is 2. The number of hydrogen-bond acceptors (Lipinski definition) is 3. The first kappa shape index (κ1) is 10.9. The Labute approximate surface area is 85.2 Å². The normalized spacial score (nSPS) is 18.5. The highest BCUT2D eigenvalue weighted by atomic mass is 32.1. The maximum Gasteiger partial charge on any atom is 0.229 e. The van der Waals surface area contributed by atoms with Gasteiger partial charge in [0.05, 0.1) is 0 Å². The molecule has 0 aromatic rings. The summed E-state index contributed by atoms with van der Waals surface area (Å²) in [6, 6.07) is 0. The first-order valence-electron chi connectivity index (χ1n) is 4.96. The maximum atomic E-state index is 10.9. The Morgan fingerprint density at radius 1 is 1.46 bits per heavy atom. The van der Waals surface area contributed by atoms with Crippen LogP contribution in [-0.2, 0) is 4.79 Å². The van der Waals surface area contributed by atoms with E-state index in [1.807, 2.05) is 0 Å². The Morgan fingerprint density at radius 2 is 2.15 bits per heavy atom. The van der Waals surface area contributed by atoms with Crippen molar-refractivity contribution in [2.45, 2.75) is 32.1 Å². The van der Waals surface area contributed by atoms with Gasteiger partial charge in [0, 0.05) is 6.42 Å². The van der Waals surface area contributed by atoms with Gasteiger partial charge in [0.2, 0.25) is 5.91 Å². The van der Waals surface area contributed by atoms with Crippen LogP contribution in [0.2, 0.25) is 0 Å². The van der Waals surface area contributed by atoms with Gasteiger partial charge in [-0.15, -0.1) is 0 Å². The molecule has 0 aromatic heterocycles. The first-order valence-corrected chi connectivity index (χ1v) is 5.41. The zero-order valence-corrected chi connectivity index (χ0v) is 8.78. The van der Waals surface area contributed by atoms with Gasteiger partial charge < -0.3 is 10.0 Å². The number of rotatable bonds is 4. The monoisotopic (exact) mass is 202 g/mol. The minimum absolute atomic E-state index is 0.0391. The van der Waals surface area contributed by atoms with E-state index in [-0.39, 0.29) is 5.91 Å². The summed E-state index contributed by atoms with van der Waals surface area (Å²) in [7, 11) is 0. The summed E-state index contributed by atoms with van der Waals surface area (Å²) in [5.41, 5.74) is 0. The van der Waals surface area contributed by atoms with Crippen molar-refractivity contribution in [2.75, 3.05) is 13.1 Å². The van der Waals surface area contributed by atoms with E-state index in [2.05, 4.69) is 22.9 Å². The molecule has 13 heavy (non-hydrogen) atoms. The molecule has 2 N–H and O–H groups in total. The molecule has 1 fully saturated rings. The minimum atomic E-state index is 0.0391. The van der Waals surface area contributed by atoms with Gasteiger partial charge in [-0.1, -0.05) is 12.8 Å². The number of amides is 1. The third-order valence-corrected chi connectivity index (χ3v) is 2.85. The fourth-order valence-electron chi connectivity index (χ4n) is 1.78. The quantitative estimate of drug-likeness (QED) is 0.598. The molecule has 1 saturated heterocycles. The Bertz CT molecular complexity index is 158. The number of piperidine rings is 1. The fourth-order valence-corrected chi connectivity index (χ4v) is 1.89. The van der Waals surface area contributed by atoms with E-state index in [0.29, 0.717) is 6.42 Å². The van der Waals surface area contributed by atoms with Gasteiger partial charge in [0.15, 0.2) is 0 Å². The second-order valence-corrected chi connectivity index (χ2v) is 3.84. The maximum absolute atomic E-state index is 10.9. The molecule has 0 aromatic carbocycles. The molecule has 1 rings (SSSR count). The van der Waals surface area contributed by atoms with Gasteiger partial charge in [0.1, 0.15) is 0 Å².